The average Bonchev–Trinajstić information content (AvgIpc) is 2.42. The maximum absolute atomic E-state index is 11.9. The number of unbranched alkanes of at least 4 members (excludes halogenated alkanes) is 2. The van der Waals surface area contributed by atoms with Gasteiger partial charge in [-0.15, -0.1) is 0 Å². The number of para-hydroxylation sites is 1. The molecule has 1 aromatic carbocycles. The molecule has 1 unspecified atom stereocenters. The Balaban J connectivity index is 2.38. The van der Waals surface area contributed by atoms with Crippen molar-refractivity contribution in [2.45, 2.75) is 45.6 Å². The Hall–Kier alpha value is -1.51. The molecular weight excluding hydrogens is 226 g/mol. The second kappa shape index (κ2) is 8.56. The molecule has 0 fully saturated rings. The smallest absolute Gasteiger partial charge is 0.261 e. The van der Waals surface area contributed by atoms with Gasteiger partial charge in [-0.1, -0.05) is 44.9 Å². The van der Waals surface area contributed by atoms with Crippen molar-refractivity contribution >= 4 is 5.91 Å². The molecule has 1 N–H and O–H groups in total. The zero-order valence-electron chi connectivity index (χ0n) is 11.3. The van der Waals surface area contributed by atoms with Gasteiger partial charge in [0.15, 0.2) is 6.10 Å². The minimum atomic E-state index is -0.394. The van der Waals surface area contributed by atoms with Crippen molar-refractivity contribution in [1.29, 1.82) is 0 Å². The van der Waals surface area contributed by atoms with Gasteiger partial charge in [-0.25, -0.2) is 0 Å². The second-order valence-corrected chi connectivity index (χ2v) is 4.33. The van der Waals surface area contributed by atoms with Crippen LogP contribution >= 0.6 is 0 Å². The molecule has 100 valence electrons. The molecule has 0 aromatic heterocycles. The lowest BCUT2D eigenvalue weighted by atomic mass is 10.2. The zero-order valence-corrected chi connectivity index (χ0v) is 11.3. The molecule has 3 nitrogen and oxygen atoms in total. The van der Waals surface area contributed by atoms with E-state index in [9.17, 15) is 4.79 Å². The first-order chi connectivity index (χ1) is 8.77. The predicted octanol–water partition coefficient (Wildman–Crippen LogP) is 3.15. The number of ether oxygens (including phenoxy) is 1. The molecule has 0 bridgehead atoms. The number of nitrogens with one attached hydrogen (secondary N) is 1. The molecule has 0 aliphatic rings. The minimum absolute atomic E-state index is 0.0162. The van der Waals surface area contributed by atoms with E-state index in [1.807, 2.05) is 37.3 Å². The van der Waals surface area contributed by atoms with Crippen molar-refractivity contribution in [3.8, 4) is 5.75 Å². The highest BCUT2D eigenvalue weighted by Gasteiger charge is 2.17. The monoisotopic (exact) mass is 249 g/mol. The van der Waals surface area contributed by atoms with Gasteiger partial charge in [-0.2, -0.15) is 0 Å². The van der Waals surface area contributed by atoms with Gasteiger partial charge >= 0.3 is 0 Å². The summed E-state index contributed by atoms with van der Waals surface area (Å²) < 4.78 is 5.67. The van der Waals surface area contributed by atoms with Crippen LogP contribution in [-0.4, -0.2) is 18.6 Å². The first-order valence-corrected chi connectivity index (χ1v) is 6.77. The number of carbonyl (C=O) groups excluding carboxylic acids is 1. The van der Waals surface area contributed by atoms with Gasteiger partial charge in [0.05, 0.1) is 0 Å². The van der Waals surface area contributed by atoms with Crippen LogP contribution in [0.25, 0.3) is 0 Å². The second-order valence-electron chi connectivity index (χ2n) is 4.33. The summed E-state index contributed by atoms with van der Waals surface area (Å²) in [5.74, 6) is 0.727. The summed E-state index contributed by atoms with van der Waals surface area (Å²) in [5.41, 5.74) is 0. The van der Waals surface area contributed by atoms with Gasteiger partial charge in [0, 0.05) is 6.54 Å². The first-order valence-electron chi connectivity index (χ1n) is 6.77. The summed E-state index contributed by atoms with van der Waals surface area (Å²) in [4.78, 5) is 11.9. The molecule has 0 aliphatic carbocycles. The van der Waals surface area contributed by atoms with Crippen molar-refractivity contribution < 1.29 is 9.53 Å². The van der Waals surface area contributed by atoms with E-state index in [0.29, 0.717) is 6.42 Å². The number of hydrogen-bond donors (Lipinski definition) is 1. The quantitative estimate of drug-likeness (QED) is 0.719. The average molecular weight is 249 g/mol. The van der Waals surface area contributed by atoms with Crippen LogP contribution in [0.3, 0.4) is 0 Å². The van der Waals surface area contributed by atoms with Crippen LogP contribution in [0.15, 0.2) is 30.3 Å². The highest BCUT2D eigenvalue weighted by molar-refractivity contribution is 5.81. The molecule has 1 rings (SSSR count). The maximum atomic E-state index is 11.9. The van der Waals surface area contributed by atoms with Crippen molar-refractivity contribution in [2.75, 3.05) is 6.54 Å². The summed E-state index contributed by atoms with van der Waals surface area (Å²) >= 11 is 0. The molecule has 3 heteroatoms. The van der Waals surface area contributed by atoms with Gasteiger partial charge in [0.25, 0.3) is 5.91 Å². The van der Waals surface area contributed by atoms with E-state index in [1.165, 1.54) is 0 Å². The van der Waals surface area contributed by atoms with Crippen LogP contribution in [0, 0.1) is 0 Å². The number of carbonyl (C=O) groups is 1. The van der Waals surface area contributed by atoms with Gasteiger partial charge in [0.2, 0.25) is 0 Å². The van der Waals surface area contributed by atoms with Crippen molar-refractivity contribution in [3.05, 3.63) is 30.3 Å². The molecule has 1 aromatic rings. The standard InChI is InChI=1S/C15H23NO2/c1-3-5-9-12-16-15(17)14(4-2)18-13-10-7-6-8-11-13/h6-8,10-11,14H,3-5,9,12H2,1-2H3,(H,16,17). The highest BCUT2D eigenvalue weighted by Crippen LogP contribution is 2.12. The SMILES string of the molecule is CCCCCNC(=O)C(CC)Oc1ccccc1. The first kappa shape index (κ1) is 14.6. The Kier molecular flexibility index (Phi) is 6.92. The fraction of sp³-hybridized carbons (Fsp3) is 0.533. The minimum Gasteiger partial charge on any atom is -0.481 e. The molecule has 0 radical (unpaired) electrons. The van der Waals surface area contributed by atoms with Gasteiger partial charge < -0.3 is 10.1 Å². The Morgan fingerprint density at radius 3 is 2.56 bits per heavy atom. The van der Waals surface area contributed by atoms with Crippen LogP contribution in [0.4, 0.5) is 0 Å². The fourth-order valence-electron chi connectivity index (χ4n) is 1.69. The lowest BCUT2D eigenvalue weighted by molar-refractivity contribution is -0.128. The van der Waals surface area contributed by atoms with Crippen LogP contribution < -0.4 is 10.1 Å². The number of rotatable bonds is 8. The zero-order chi connectivity index (χ0) is 13.2. The number of benzene rings is 1. The topological polar surface area (TPSA) is 38.3 Å². The lowest BCUT2D eigenvalue weighted by Crippen LogP contribution is -2.38. The van der Waals surface area contributed by atoms with Crippen molar-refractivity contribution in [1.82, 2.24) is 5.32 Å². The highest BCUT2D eigenvalue weighted by atomic mass is 16.5. The summed E-state index contributed by atoms with van der Waals surface area (Å²) in [6.07, 6.45) is 3.62. The lowest BCUT2D eigenvalue weighted by Gasteiger charge is -2.17. The van der Waals surface area contributed by atoms with Crippen LogP contribution in [0.1, 0.15) is 39.5 Å². The van der Waals surface area contributed by atoms with Crippen molar-refractivity contribution in [3.63, 3.8) is 0 Å². The molecule has 0 spiro atoms. The molecular formula is C15H23NO2. The molecule has 1 amide bonds. The summed E-state index contributed by atoms with van der Waals surface area (Å²) in [6.45, 7) is 4.84. The van der Waals surface area contributed by atoms with Gasteiger partial charge in [-0.3, -0.25) is 4.79 Å². The molecule has 1 atom stereocenters. The largest absolute Gasteiger partial charge is 0.481 e. The van der Waals surface area contributed by atoms with E-state index < -0.39 is 6.10 Å². The van der Waals surface area contributed by atoms with E-state index in [2.05, 4.69) is 12.2 Å². The van der Waals surface area contributed by atoms with Crippen LogP contribution in [0.5, 0.6) is 5.75 Å². The van der Waals surface area contributed by atoms with Gasteiger partial charge in [-0.05, 0) is 25.0 Å². The summed E-state index contributed by atoms with van der Waals surface area (Å²) in [6, 6.07) is 9.47. The normalized spacial score (nSPS) is 11.9. The fourth-order valence-corrected chi connectivity index (χ4v) is 1.69. The Morgan fingerprint density at radius 1 is 1.22 bits per heavy atom. The Labute approximate surface area is 110 Å². The Morgan fingerprint density at radius 2 is 1.94 bits per heavy atom. The van der Waals surface area contributed by atoms with E-state index in [1.54, 1.807) is 0 Å². The summed E-state index contributed by atoms with van der Waals surface area (Å²) in [7, 11) is 0. The van der Waals surface area contributed by atoms with Crippen molar-refractivity contribution in [2.24, 2.45) is 0 Å². The number of hydrogen-bond acceptors (Lipinski definition) is 2. The van der Waals surface area contributed by atoms with Crippen LogP contribution in [-0.2, 0) is 4.79 Å². The summed E-state index contributed by atoms with van der Waals surface area (Å²) in [5, 5.41) is 2.92. The van der Waals surface area contributed by atoms with E-state index in [0.717, 1.165) is 31.6 Å². The Bertz CT molecular complexity index is 338. The number of amides is 1. The van der Waals surface area contributed by atoms with Gasteiger partial charge in [0.1, 0.15) is 5.75 Å². The third kappa shape index (κ3) is 5.21. The molecule has 0 saturated carbocycles. The molecule has 0 heterocycles. The third-order valence-electron chi connectivity index (χ3n) is 2.76. The van der Waals surface area contributed by atoms with E-state index in [4.69, 9.17) is 4.74 Å². The van der Waals surface area contributed by atoms with E-state index >= 15 is 0 Å². The maximum Gasteiger partial charge on any atom is 0.261 e. The van der Waals surface area contributed by atoms with Crippen LogP contribution in [0.2, 0.25) is 0 Å². The molecule has 18 heavy (non-hydrogen) atoms. The van der Waals surface area contributed by atoms with E-state index in [-0.39, 0.29) is 5.91 Å². The molecule has 0 aliphatic heterocycles. The predicted molar refractivity (Wildman–Crippen MR) is 73.7 cm³/mol. The third-order valence-corrected chi connectivity index (χ3v) is 2.76. The molecule has 0 saturated heterocycles.